The van der Waals surface area contributed by atoms with Crippen LogP contribution in [0.25, 0.3) is 54.6 Å². The molecule has 0 fully saturated rings. The number of fused-ring (bicyclic) bond motifs is 3. The van der Waals surface area contributed by atoms with Crippen LogP contribution in [-0.2, 0) is 0 Å². The van der Waals surface area contributed by atoms with E-state index in [0.717, 1.165) is 4.47 Å². The van der Waals surface area contributed by atoms with Crippen LogP contribution in [-0.4, -0.2) is 0 Å². The number of rotatable bonds is 2. The van der Waals surface area contributed by atoms with E-state index in [1.165, 1.54) is 54.6 Å². The molecule has 0 aliphatic carbocycles. The number of benzene rings is 6. The van der Waals surface area contributed by atoms with Gasteiger partial charge >= 0.3 is 0 Å². The van der Waals surface area contributed by atoms with E-state index in [2.05, 4.69) is 131 Å². The Kier molecular flexibility index (Phi) is 4.36. The molecule has 0 unspecified atom stereocenters. The highest BCUT2D eigenvalue weighted by atomic mass is 79.9. The number of halogens is 1. The molecule has 0 radical (unpaired) electrons. The van der Waals surface area contributed by atoms with Gasteiger partial charge in [-0.2, -0.15) is 0 Å². The van der Waals surface area contributed by atoms with Gasteiger partial charge in [0.2, 0.25) is 0 Å². The molecule has 1 heteroatoms. The van der Waals surface area contributed by atoms with Gasteiger partial charge in [0.1, 0.15) is 0 Å². The minimum atomic E-state index is 1.10. The molecular weight excluding hydrogens is 440 g/mol. The van der Waals surface area contributed by atoms with Crippen LogP contribution in [0, 0.1) is 0 Å². The van der Waals surface area contributed by atoms with Crippen LogP contribution >= 0.6 is 15.9 Å². The van der Waals surface area contributed by atoms with Gasteiger partial charge in [0.05, 0.1) is 0 Å². The van der Waals surface area contributed by atoms with Crippen molar-refractivity contribution >= 4 is 48.2 Å². The average molecular weight is 459 g/mol. The topological polar surface area (TPSA) is 0 Å². The fourth-order valence-electron chi connectivity index (χ4n) is 4.73. The molecule has 0 bridgehead atoms. The Morgan fingerprint density at radius 3 is 1.52 bits per heavy atom. The van der Waals surface area contributed by atoms with Crippen LogP contribution in [0.2, 0.25) is 0 Å². The summed E-state index contributed by atoms with van der Waals surface area (Å²) in [6, 6.07) is 41.6. The molecule has 0 aliphatic heterocycles. The first-order chi connectivity index (χ1) is 15.3. The zero-order valence-electron chi connectivity index (χ0n) is 16.8. The molecule has 0 aromatic heterocycles. The second-order valence-corrected chi connectivity index (χ2v) is 8.83. The first kappa shape index (κ1) is 18.4. The summed E-state index contributed by atoms with van der Waals surface area (Å²) in [5.41, 5.74) is 5.10. The van der Waals surface area contributed by atoms with E-state index >= 15 is 0 Å². The molecule has 0 N–H and O–H groups in total. The maximum Gasteiger partial charge on any atom is 0.0181 e. The molecule has 6 rings (SSSR count). The van der Waals surface area contributed by atoms with Crippen molar-refractivity contribution in [2.24, 2.45) is 0 Å². The Bertz CT molecular complexity index is 1520. The molecule has 0 spiro atoms. The van der Waals surface area contributed by atoms with Crippen LogP contribution in [0.1, 0.15) is 0 Å². The van der Waals surface area contributed by atoms with Crippen molar-refractivity contribution in [3.63, 3.8) is 0 Å². The van der Waals surface area contributed by atoms with Gasteiger partial charge in [-0.1, -0.05) is 113 Å². The summed E-state index contributed by atoms with van der Waals surface area (Å²) in [5, 5.41) is 7.64. The highest BCUT2D eigenvalue weighted by Crippen LogP contribution is 2.43. The van der Waals surface area contributed by atoms with Gasteiger partial charge < -0.3 is 0 Å². The Morgan fingerprint density at radius 1 is 0.387 bits per heavy atom. The van der Waals surface area contributed by atoms with E-state index in [-0.39, 0.29) is 0 Å². The smallest absolute Gasteiger partial charge is 0.0181 e. The normalized spacial score (nSPS) is 11.4. The van der Waals surface area contributed by atoms with E-state index in [1.54, 1.807) is 0 Å². The average Bonchev–Trinajstić information content (AvgIpc) is 2.82. The largest absolute Gasteiger partial charge is 0.0622 e. The van der Waals surface area contributed by atoms with E-state index in [1.807, 2.05) is 0 Å². The summed E-state index contributed by atoms with van der Waals surface area (Å²) in [4.78, 5) is 0. The zero-order chi connectivity index (χ0) is 20.8. The summed E-state index contributed by atoms with van der Waals surface area (Å²) >= 11 is 3.63. The van der Waals surface area contributed by atoms with Crippen molar-refractivity contribution in [3.05, 3.63) is 120 Å². The van der Waals surface area contributed by atoms with Crippen LogP contribution in [0.3, 0.4) is 0 Å². The van der Waals surface area contributed by atoms with Crippen molar-refractivity contribution in [3.8, 4) is 22.3 Å². The predicted molar refractivity (Wildman–Crippen MR) is 138 cm³/mol. The third-order valence-corrected chi connectivity index (χ3v) is 6.58. The monoisotopic (exact) mass is 458 g/mol. The maximum absolute atomic E-state index is 3.63. The fourth-order valence-corrected chi connectivity index (χ4v) is 5.11. The molecule has 0 saturated carbocycles. The molecule has 6 aromatic carbocycles. The summed E-state index contributed by atoms with van der Waals surface area (Å²) in [7, 11) is 0. The molecule has 0 atom stereocenters. The Balaban J connectivity index is 1.77. The van der Waals surface area contributed by atoms with Crippen molar-refractivity contribution in [2.75, 3.05) is 0 Å². The van der Waals surface area contributed by atoms with Gasteiger partial charge in [-0.05, 0) is 72.8 Å². The Morgan fingerprint density at radius 2 is 0.903 bits per heavy atom. The van der Waals surface area contributed by atoms with E-state index in [9.17, 15) is 0 Å². The Labute approximate surface area is 189 Å². The zero-order valence-corrected chi connectivity index (χ0v) is 18.4. The first-order valence-electron chi connectivity index (χ1n) is 10.5. The van der Waals surface area contributed by atoms with Gasteiger partial charge in [-0.3, -0.25) is 0 Å². The lowest BCUT2D eigenvalue weighted by molar-refractivity contribution is 1.66. The van der Waals surface area contributed by atoms with E-state index < -0.39 is 0 Å². The van der Waals surface area contributed by atoms with Gasteiger partial charge in [0, 0.05) is 4.47 Å². The fraction of sp³-hybridized carbons (Fsp3) is 0. The van der Waals surface area contributed by atoms with Gasteiger partial charge in [0.15, 0.2) is 0 Å². The summed E-state index contributed by atoms with van der Waals surface area (Å²) in [5.74, 6) is 0. The molecule has 0 nitrogen and oxygen atoms in total. The number of hydrogen-bond donors (Lipinski definition) is 0. The molecule has 0 heterocycles. The van der Waals surface area contributed by atoms with Gasteiger partial charge in [-0.15, -0.1) is 0 Å². The van der Waals surface area contributed by atoms with Gasteiger partial charge in [0.25, 0.3) is 0 Å². The Hall–Kier alpha value is -3.42. The lowest BCUT2D eigenvalue weighted by Crippen LogP contribution is -1.90. The standard InChI is InChI=1S/C30H19Br/c31-24-17-16-20-14-15-22(18-23(20)19-24)30-27-12-6-4-10-25(27)29(21-8-2-1-3-9-21)26-11-5-7-13-28(26)30/h1-19H. The minimum absolute atomic E-state index is 1.10. The van der Waals surface area contributed by atoms with Crippen molar-refractivity contribution in [1.29, 1.82) is 0 Å². The second-order valence-electron chi connectivity index (χ2n) is 7.91. The molecule has 146 valence electrons. The highest BCUT2D eigenvalue weighted by molar-refractivity contribution is 9.10. The van der Waals surface area contributed by atoms with E-state index in [0.29, 0.717) is 0 Å². The van der Waals surface area contributed by atoms with Crippen LogP contribution in [0.5, 0.6) is 0 Å². The molecule has 0 saturated heterocycles. The summed E-state index contributed by atoms with van der Waals surface area (Å²) in [6.45, 7) is 0. The van der Waals surface area contributed by atoms with E-state index in [4.69, 9.17) is 0 Å². The molecule has 0 amide bonds. The predicted octanol–water partition coefficient (Wildman–Crippen LogP) is 9.24. The quantitative estimate of drug-likeness (QED) is 0.226. The van der Waals surface area contributed by atoms with Crippen LogP contribution in [0.4, 0.5) is 0 Å². The lowest BCUT2D eigenvalue weighted by Gasteiger charge is -2.18. The lowest BCUT2D eigenvalue weighted by atomic mass is 9.85. The highest BCUT2D eigenvalue weighted by Gasteiger charge is 2.16. The van der Waals surface area contributed by atoms with Gasteiger partial charge in [-0.25, -0.2) is 0 Å². The van der Waals surface area contributed by atoms with Crippen molar-refractivity contribution in [2.45, 2.75) is 0 Å². The summed E-state index contributed by atoms with van der Waals surface area (Å²) in [6.07, 6.45) is 0. The van der Waals surface area contributed by atoms with Crippen LogP contribution < -0.4 is 0 Å². The molecular formula is C30H19Br. The minimum Gasteiger partial charge on any atom is -0.0622 e. The first-order valence-corrected chi connectivity index (χ1v) is 11.3. The summed E-state index contributed by atoms with van der Waals surface area (Å²) < 4.78 is 1.10. The molecule has 31 heavy (non-hydrogen) atoms. The maximum atomic E-state index is 3.63. The number of hydrogen-bond acceptors (Lipinski definition) is 0. The third kappa shape index (κ3) is 3.05. The second kappa shape index (κ2) is 7.37. The van der Waals surface area contributed by atoms with Crippen LogP contribution in [0.15, 0.2) is 120 Å². The van der Waals surface area contributed by atoms with Crippen molar-refractivity contribution in [1.82, 2.24) is 0 Å². The third-order valence-electron chi connectivity index (χ3n) is 6.08. The molecule has 0 aliphatic rings. The van der Waals surface area contributed by atoms with Crippen molar-refractivity contribution < 1.29 is 0 Å². The SMILES string of the molecule is Brc1ccc2ccc(-c3c4ccccc4c(-c4ccccc4)c4ccccc34)cc2c1. The molecule has 6 aromatic rings.